The van der Waals surface area contributed by atoms with Gasteiger partial charge in [0.1, 0.15) is 0 Å². The Morgan fingerprint density at radius 3 is 1.56 bits per heavy atom. The predicted octanol–water partition coefficient (Wildman–Crippen LogP) is 3.18. The maximum atomic E-state index is 11.8. The number of nitrogens with two attached hydrogens (primary N) is 2. The molecule has 0 aliphatic carbocycles. The van der Waals surface area contributed by atoms with Gasteiger partial charge in [-0.25, -0.2) is 0 Å². The third-order valence-electron chi connectivity index (χ3n) is 7.88. The standard InChI is InChI=1S/C28H36Br2N4O2/c1-3-11-33-15-23(27(31,17-33)19-7-5-9-21(29)13-19)25(35)26(36)24-16-34(12-4-2)18-28(24,32)20-8-6-10-22(30)14-20/h3-10,13-14,23-26,35-36H,1-2,11-12,15-18,31-32H2. The minimum absolute atomic E-state index is 0.401. The molecular weight excluding hydrogens is 584 g/mol. The fourth-order valence-electron chi connectivity index (χ4n) is 6.10. The van der Waals surface area contributed by atoms with Crippen LogP contribution in [-0.4, -0.2) is 71.5 Å². The zero-order valence-electron chi connectivity index (χ0n) is 20.4. The molecule has 36 heavy (non-hydrogen) atoms. The van der Waals surface area contributed by atoms with Crippen molar-refractivity contribution in [2.75, 3.05) is 39.3 Å². The molecule has 6 unspecified atom stereocenters. The third kappa shape index (κ3) is 5.28. The molecule has 2 aromatic carbocycles. The first kappa shape index (κ1) is 27.7. The van der Waals surface area contributed by atoms with Gasteiger partial charge in [-0.2, -0.15) is 0 Å². The van der Waals surface area contributed by atoms with Gasteiger partial charge in [0.05, 0.1) is 23.3 Å². The largest absolute Gasteiger partial charge is 0.390 e. The molecule has 2 aromatic rings. The number of aliphatic hydroxyl groups is 2. The lowest BCUT2D eigenvalue weighted by atomic mass is 9.71. The van der Waals surface area contributed by atoms with Crippen LogP contribution in [0, 0.1) is 11.8 Å². The second kappa shape index (κ2) is 11.2. The normalized spacial score (nSPS) is 30.8. The number of nitrogens with zero attached hydrogens (tertiary/aromatic N) is 2. The summed E-state index contributed by atoms with van der Waals surface area (Å²) < 4.78 is 1.85. The molecule has 0 saturated carbocycles. The highest BCUT2D eigenvalue weighted by molar-refractivity contribution is 9.10. The molecule has 6 nitrogen and oxygen atoms in total. The number of hydrogen-bond donors (Lipinski definition) is 4. The summed E-state index contributed by atoms with van der Waals surface area (Å²) in [4.78, 5) is 4.36. The van der Waals surface area contributed by atoms with Crippen LogP contribution < -0.4 is 11.5 Å². The third-order valence-corrected chi connectivity index (χ3v) is 8.86. The molecule has 2 saturated heterocycles. The van der Waals surface area contributed by atoms with E-state index in [2.05, 4.69) is 54.8 Å². The maximum absolute atomic E-state index is 11.8. The molecule has 0 aromatic heterocycles. The van der Waals surface area contributed by atoms with Crippen molar-refractivity contribution in [3.63, 3.8) is 0 Å². The first-order valence-electron chi connectivity index (χ1n) is 12.2. The van der Waals surface area contributed by atoms with Gasteiger partial charge in [0.2, 0.25) is 0 Å². The molecule has 6 N–H and O–H groups in total. The van der Waals surface area contributed by atoms with E-state index in [0.29, 0.717) is 39.3 Å². The molecule has 0 amide bonds. The smallest absolute Gasteiger partial charge is 0.0864 e. The fraction of sp³-hybridized carbons (Fsp3) is 0.429. The van der Waals surface area contributed by atoms with E-state index >= 15 is 0 Å². The van der Waals surface area contributed by atoms with Crippen molar-refractivity contribution < 1.29 is 10.2 Å². The molecule has 2 fully saturated rings. The van der Waals surface area contributed by atoms with Crippen LogP contribution in [0.3, 0.4) is 0 Å². The van der Waals surface area contributed by atoms with Crippen molar-refractivity contribution in [2.45, 2.75) is 23.3 Å². The van der Waals surface area contributed by atoms with E-state index in [1.165, 1.54) is 0 Å². The Bertz CT molecular complexity index is 1020. The number of benzene rings is 2. The average Bonchev–Trinajstić information content (AvgIpc) is 3.36. The number of aliphatic hydroxyl groups excluding tert-OH is 2. The summed E-state index contributed by atoms with van der Waals surface area (Å²) in [6.07, 6.45) is 1.53. The van der Waals surface area contributed by atoms with Crippen molar-refractivity contribution in [1.29, 1.82) is 0 Å². The highest BCUT2D eigenvalue weighted by atomic mass is 79.9. The number of halogens is 2. The molecule has 6 atom stereocenters. The van der Waals surface area contributed by atoms with E-state index in [1.807, 2.05) is 60.7 Å². The van der Waals surface area contributed by atoms with Gasteiger partial charge in [-0.15, -0.1) is 13.2 Å². The van der Waals surface area contributed by atoms with Crippen LogP contribution >= 0.6 is 31.9 Å². The van der Waals surface area contributed by atoms with Gasteiger partial charge in [0.25, 0.3) is 0 Å². The van der Waals surface area contributed by atoms with Crippen LogP contribution in [-0.2, 0) is 11.1 Å². The topological polar surface area (TPSA) is 99.0 Å². The fourth-order valence-corrected chi connectivity index (χ4v) is 6.90. The highest BCUT2D eigenvalue weighted by Gasteiger charge is 2.55. The first-order valence-corrected chi connectivity index (χ1v) is 13.8. The second-order valence-corrected chi connectivity index (χ2v) is 12.1. The van der Waals surface area contributed by atoms with Crippen molar-refractivity contribution in [2.24, 2.45) is 23.3 Å². The van der Waals surface area contributed by atoms with Gasteiger partial charge in [-0.05, 0) is 35.4 Å². The Hall–Kier alpha value is -1.36. The molecule has 0 radical (unpaired) electrons. The van der Waals surface area contributed by atoms with Crippen molar-refractivity contribution in [3.8, 4) is 0 Å². The van der Waals surface area contributed by atoms with E-state index < -0.39 is 35.1 Å². The second-order valence-electron chi connectivity index (χ2n) is 10.3. The van der Waals surface area contributed by atoms with Crippen LogP contribution in [0.1, 0.15) is 11.1 Å². The van der Waals surface area contributed by atoms with Gasteiger partial charge < -0.3 is 21.7 Å². The molecule has 194 valence electrons. The summed E-state index contributed by atoms with van der Waals surface area (Å²) in [5.74, 6) is -0.802. The lowest BCUT2D eigenvalue weighted by Gasteiger charge is -2.41. The molecular formula is C28H36Br2N4O2. The van der Waals surface area contributed by atoms with Crippen molar-refractivity contribution >= 4 is 31.9 Å². The molecule has 0 spiro atoms. The van der Waals surface area contributed by atoms with E-state index in [1.54, 1.807) is 0 Å². The quantitative estimate of drug-likeness (QED) is 0.322. The summed E-state index contributed by atoms with van der Waals surface area (Å²) in [6, 6.07) is 15.8. The van der Waals surface area contributed by atoms with E-state index in [4.69, 9.17) is 11.5 Å². The Morgan fingerprint density at radius 1 is 0.833 bits per heavy atom. The Balaban J connectivity index is 1.69. The lowest BCUT2D eigenvalue weighted by Crippen LogP contribution is -2.57. The summed E-state index contributed by atoms with van der Waals surface area (Å²) in [5.41, 5.74) is 14.3. The molecule has 2 heterocycles. The van der Waals surface area contributed by atoms with Crippen LogP contribution in [0.2, 0.25) is 0 Å². The van der Waals surface area contributed by atoms with Gasteiger partial charge in [0.15, 0.2) is 0 Å². The van der Waals surface area contributed by atoms with E-state index in [9.17, 15) is 10.2 Å². The average molecular weight is 620 g/mol. The zero-order chi connectivity index (χ0) is 26.1. The van der Waals surface area contributed by atoms with Crippen molar-refractivity contribution in [1.82, 2.24) is 9.80 Å². The SMILES string of the molecule is C=CCN1CC(C(O)C(O)C2CN(CC=C)CC2(N)c2cccc(Br)c2)C(N)(c2cccc(Br)c2)C1. The maximum Gasteiger partial charge on any atom is 0.0864 e. The summed E-state index contributed by atoms with van der Waals surface area (Å²) in [6.45, 7) is 11.3. The summed E-state index contributed by atoms with van der Waals surface area (Å²) in [7, 11) is 0. The predicted molar refractivity (Wildman–Crippen MR) is 152 cm³/mol. The Labute approximate surface area is 230 Å². The molecule has 8 heteroatoms. The summed E-state index contributed by atoms with van der Waals surface area (Å²) in [5, 5.41) is 23.6. The van der Waals surface area contributed by atoms with Crippen LogP contribution in [0.25, 0.3) is 0 Å². The zero-order valence-corrected chi connectivity index (χ0v) is 23.6. The molecule has 2 aliphatic heterocycles. The van der Waals surface area contributed by atoms with Gasteiger partial charge >= 0.3 is 0 Å². The molecule has 2 aliphatic rings. The monoisotopic (exact) mass is 618 g/mol. The van der Waals surface area contributed by atoms with Gasteiger partial charge in [-0.1, -0.05) is 68.3 Å². The Kier molecular flexibility index (Phi) is 8.59. The lowest BCUT2D eigenvalue weighted by molar-refractivity contribution is -0.0668. The minimum Gasteiger partial charge on any atom is -0.390 e. The number of rotatable bonds is 9. The molecule has 0 bridgehead atoms. The van der Waals surface area contributed by atoms with E-state index in [0.717, 1.165) is 20.1 Å². The minimum atomic E-state index is -1.08. The van der Waals surface area contributed by atoms with Crippen LogP contribution in [0.4, 0.5) is 0 Å². The van der Waals surface area contributed by atoms with E-state index in [-0.39, 0.29) is 0 Å². The van der Waals surface area contributed by atoms with Crippen LogP contribution in [0.5, 0.6) is 0 Å². The van der Waals surface area contributed by atoms with Crippen LogP contribution in [0.15, 0.2) is 82.8 Å². The first-order chi connectivity index (χ1) is 17.1. The van der Waals surface area contributed by atoms with Gasteiger partial charge in [-0.3, -0.25) is 9.80 Å². The molecule has 4 rings (SSSR count). The highest BCUT2D eigenvalue weighted by Crippen LogP contribution is 2.43. The van der Waals surface area contributed by atoms with Crippen molar-refractivity contribution in [3.05, 3.63) is 93.9 Å². The Morgan fingerprint density at radius 2 is 1.22 bits per heavy atom. The summed E-state index contributed by atoms with van der Waals surface area (Å²) >= 11 is 7.11. The number of likely N-dealkylation sites (tertiary alicyclic amines) is 2. The number of hydrogen-bond acceptors (Lipinski definition) is 6. The van der Waals surface area contributed by atoms with Gasteiger partial charge in [0, 0.05) is 60.0 Å².